The second-order valence-electron chi connectivity index (χ2n) is 7.75. The number of fused-ring (bicyclic) bond motifs is 6. The zero-order chi connectivity index (χ0) is 17.7. The van der Waals surface area contributed by atoms with Crippen molar-refractivity contribution in [2.75, 3.05) is 26.7 Å². The van der Waals surface area contributed by atoms with E-state index in [9.17, 15) is 4.39 Å². The van der Waals surface area contributed by atoms with Crippen molar-refractivity contribution in [3.05, 3.63) is 35.8 Å². The molecule has 2 aromatic rings. The minimum absolute atomic E-state index is 0.207. The maximum absolute atomic E-state index is 13.3. The van der Waals surface area contributed by atoms with Crippen LogP contribution >= 0.6 is 0 Å². The highest BCUT2D eigenvalue weighted by Crippen LogP contribution is 2.47. The number of hydrogen-bond acceptors (Lipinski definition) is 2. The average Bonchev–Trinajstić information content (AvgIpc) is 3.39. The highest BCUT2D eigenvalue weighted by molar-refractivity contribution is 5.83. The molecule has 3 saturated heterocycles. The van der Waals surface area contributed by atoms with Crippen LogP contribution in [0.4, 0.5) is 4.39 Å². The molecule has 6 heteroatoms. The summed E-state index contributed by atoms with van der Waals surface area (Å²) in [6.07, 6.45) is 6.25. The third-order valence-corrected chi connectivity index (χ3v) is 6.37. The van der Waals surface area contributed by atoms with E-state index in [1.54, 1.807) is 6.07 Å². The number of hydrogen-bond donors (Lipinski definition) is 2. The Kier molecular flexibility index (Phi) is 3.89. The van der Waals surface area contributed by atoms with Crippen LogP contribution in [0.15, 0.2) is 29.4 Å². The second-order valence-corrected chi connectivity index (χ2v) is 7.75. The van der Waals surface area contributed by atoms with E-state index in [2.05, 4.69) is 20.2 Å². The van der Waals surface area contributed by atoms with Gasteiger partial charge in [-0.1, -0.05) is 0 Å². The summed E-state index contributed by atoms with van der Waals surface area (Å²) >= 11 is 0. The predicted octanol–water partition coefficient (Wildman–Crippen LogP) is 2.53. The Morgan fingerprint density at radius 1 is 1.31 bits per heavy atom. The van der Waals surface area contributed by atoms with Gasteiger partial charge in [-0.15, -0.1) is 0 Å². The number of aliphatic imine (C=N–C) groups is 1. The molecule has 3 aliphatic heterocycles. The number of nitrogens with one attached hydrogen (secondary N) is 2. The lowest BCUT2D eigenvalue weighted by Crippen LogP contribution is -2.42. The van der Waals surface area contributed by atoms with Gasteiger partial charge in [-0.25, -0.2) is 4.39 Å². The molecule has 0 spiro atoms. The SMILES string of the molecule is CN=C(NCCc1c[nH]c2cc(F)ccc12)N1CC2C3CCC(O3)C2C1. The van der Waals surface area contributed by atoms with Gasteiger partial charge in [0.25, 0.3) is 0 Å². The average molecular weight is 356 g/mol. The van der Waals surface area contributed by atoms with Crippen molar-refractivity contribution in [3.63, 3.8) is 0 Å². The topological polar surface area (TPSA) is 52.7 Å². The van der Waals surface area contributed by atoms with Crippen LogP contribution in [0.2, 0.25) is 0 Å². The minimum atomic E-state index is -0.207. The van der Waals surface area contributed by atoms with Gasteiger partial charge in [0, 0.05) is 55.6 Å². The molecule has 0 radical (unpaired) electrons. The Balaban J connectivity index is 1.21. The first-order valence-corrected chi connectivity index (χ1v) is 9.59. The molecular formula is C20H25FN4O. The van der Waals surface area contributed by atoms with Gasteiger partial charge < -0.3 is 19.9 Å². The van der Waals surface area contributed by atoms with E-state index in [-0.39, 0.29) is 5.82 Å². The fourth-order valence-electron chi connectivity index (χ4n) is 5.14. The lowest BCUT2D eigenvalue weighted by atomic mass is 9.82. The van der Waals surface area contributed by atoms with Gasteiger partial charge in [0.15, 0.2) is 5.96 Å². The van der Waals surface area contributed by atoms with Crippen molar-refractivity contribution in [2.24, 2.45) is 16.8 Å². The molecule has 3 aliphatic rings. The molecule has 0 saturated carbocycles. The lowest BCUT2D eigenvalue weighted by molar-refractivity contribution is 0.0767. The molecule has 2 N–H and O–H groups in total. The Labute approximate surface area is 152 Å². The van der Waals surface area contributed by atoms with Crippen LogP contribution in [0.1, 0.15) is 18.4 Å². The zero-order valence-corrected chi connectivity index (χ0v) is 15.0. The molecule has 4 unspecified atom stereocenters. The van der Waals surface area contributed by atoms with E-state index in [1.165, 1.54) is 24.5 Å². The molecule has 3 fully saturated rings. The van der Waals surface area contributed by atoms with Gasteiger partial charge in [-0.3, -0.25) is 4.99 Å². The molecule has 5 rings (SSSR count). The number of halogens is 1. The van der Waals surface area contributed by atoms with Gasteiger partial charge in [0.05, 0.1) is 12.2 Å². The van der Waals surface area contributed by atoms with Crippen LogP contribution in [-0.4, -0.2) is 54.7 Å². The van der Waals surface area contributed by atoms with Crippen LogP contribution in [0, 0.1) is 17.7 Å². The molecule has 4 atom stereocenters. The van der Waals surface area contributed by atoms with E-state index in [0.717, 1.165) is 42.9 Å². The molecule has 2 bridgehead atoms. The number of guanidine groups is 1. The zero-order valence-electron chi connectivity index (χ0n) is 15.0. The van der Waals surface area contributed by atoms with Crippen LogP contribution in [0.25, 0.3) is 10.9 Å². The molecule has 26 heavy (non-hydrogen) atoms. The third kappa shape index (κ3) is 2.58. The number of likely N-dealkylation sites (tertiary alicyclic amines) is 1. The number of H-pyrrole nitrogens is 1. The van der Waals surface area contributed by atoms with E-state index in [4.69, 9.17) is 4.74 Å². The van der Waals surface area contributed by atoms with E-state index in [1.807, 2.05) is 19.3 Å². The quantitative estimate of drug-likeness (QED) is 0.656. The van der Waals surface area contributed by atoms with Crippen molar-refractivity contribution >= 4 is 16.9 Å². The van der Waals surface area contributed by atoms with Gasteiger partial charge in [-0.05, 0) is 43.0 Å². The number of benzene rings is 1. The minimum Gasteiger partial charge on any atom is -0.374 e. The molecule has 138 valence electrons. The molecule has 4 heterocycles. The number of rotatable bonds is 3. The molecule has 5 nitrogen and oxygen atoms in total. The maximum Gasteiger partial charge on any atom is 0.193 e. The largest absolute Gasteiger partial charge is 0.374 e. The van der Waals surface area contributed by atoms with Crippen molar-refractivity contribution in [3.8, 4) is 0 Å². The number of nitrogens with zero attached hydrogens (tertiary/aromatic N) is 2. The van der Waals surface area contributed by atoms with E-state index in [0.29, 0.717) is 24.0 Å². The predicted molar refractivity (Wildman–Crippen MR) is 99.8 cm³/mol. The van der Waals surface area contributed by atoms with Crippen molar-refractivity contribution in [1.82, 2.24) is 15.2 Å². The monoisotopic (exact) mass is 356 g/mol. The molecular weight excluding hydrogens is 331 g/mol. The first-order chi connectivity index (χ1) is 12.7. The first kappa shape index (κ1) is 16.1. The molecule has 0 amide bonds. The second kappa shape index (κ2) is 6.27. The summed E-state index contributed by atoms with van der Waals surface area (Å²) in [7, 11) is 1.86. The highest BCUT2D eigenvalue weighted by Gasteiger charge is 2.53. The van der Waals surface area contributed by atoms with E-state index >= 15 is 0 Å². The van der Waals surface area contributed by atoms with Gasteiger partial charge in [0.1, 0.15) is 5.82 Å². The summed E-state index contributed by atoms with van der Waals surface area (Å²) in [6, 6.07) is 4.92. The molecule has 1 aromatic carbocycles. The fraction of sp³-hybridized carbons (Fsp3) is 0.550. The van der Waals surface area contributed by atoms with Crippen LogP contribution in [0.5, 0.6) is 0 Å². The Bertz CT molecular complexity index is 829. The summed E-state index contributed by atoms with van der Waals surface area (Å²) in [6.45, 7) is 2.92. The van der Waals surface area contributed by atoms with Gasteiger partial charge >= 0.3 is 0 Å². The molecule has 1 aromatic heterocycles. The van der Waals surface area contributed by atoms with Gasteiger partial charge in [-0.2, -0.15) is 0 Å². The first-order valence-electron chi connectivity index (χ1n) is 9.59. The van der Waals surface area contributed by atoms with Crippen molar-refractivity contribution in [2.45, 2.75) is 31.5 Å². The molecule has 0 aliphatic carbocycles. The maximum atomic E-state index is 13.3. The third-order valence-electron chi connectivity index (χ3n) is 6.37. The fourth-order valence-corrected chi connectivity index (χ4v) is 5.14. The van der Waals surface area contributed by atoms with Crippen molar-refractivity contribution < 1.29 is 9.13 Å². The Morgan fingerprint density at radius 2 is 2.08 bits per heavy atom. The summed E-state index contributed by atoms with van der Waals surface area (Å²) in [4.78, 5) is 10.0. The number of aromatic nitrogens is 1. The van der Waals surface area contributed by atoms with Crippen molar-refractivity contribution in [1.29, 1.82) is 0 Å². The Hall–Kier alpha value is -2.08. The highest BCUT2D eigenvalue weighted by atomic mass is 19.1. The van der Waals surface area contributed by atoms with Gasteiger partial charge in [0.2, 0.25) is 0 Å². The Morgan fingerprint density at radius 3 is 2.81 bits per heavy atom. The summed E-state index contributed by atoms with van der Waals surface area (Å²) < 4.78 is 19.4. The lowest BCUT2D eigenvalue weighted by Gasteiger charge is -2.23. The smallest absolute Gasteiger partial charge is 0.193 e. The normalized spacial score (nSPS) is 30.4. The van der Waals surface area contributed by atoms with Crippen LogP contribution in [-0.2, 0) is 11.2 Å². The number of aromatic amines is 1. The summed E-state index contributed by atoms with van der Waals surface area (Å²) in [5, 5.41) is 4.60. The van der Waals surface area contributed by atoms with E-state index < -0.39 is 0 Å². The van der Waals surface area contributed by atoms with Crippen LogP contribution in [0.3, 0.4) is 0 Å². The summed E-state index contributed by atoms with van der Waals surface area (Å²) in [5.74, 6) is 2.14. The summed E-state index contributed by atoms with van der Waals surface area (Å²) in [5.41, 5.74) is 2.06. The number of ether oxygens (including phenoxy) is 1. The standard InChI is InChI=1S/C20H25FN4O/c1-22-20(25-10-15-16(11-25)19-5-4-18(15)26-19)23-7-6-12-9-24-17-8-13(21)2-3-14(12)17/h2-3,8-9,15-16,18-19,24H,4-7,10-11H2,1H3,(H,22,23). The van der Waals surface area contributed by atoms with Crippen LogP contribution < -0.4 is 5.32 Å².